The third-order valence-electron chi connectivity index (χ3n) is 3.52. The van der Waals surface area contributed by atoms with E-state index in [1.54, 1.807) is 37.5 Å². The summed E-state index contributed by atoms with van der Waals surface area (Å²) in [6.07, 6.45) is 9.05. The van der Waals surface area contributed by atoms with Crippen molar-refractivity contribution in [3.63, 3.8) is 0 Å². The number of primary amides is 1. The monoisotopic (exact) mass is 354 g/mol. The molecule has 0 aromatic carbocycles. The van der Waals surface area contributed by atoms with E-state index >= 15 is 0 Å². The van der Waals surface area contributed by atoms with Crippen LogP contribution in [0.15, 0.2) is 47.9 Å². The number of hydrogen-bond acceptors (Lipinski definition) is 7. The summed E-state index contributed by atoms with van der Waals surface area (Å²) in [5.74, 6) is -0.275. The summed E-state index contributed by atoms with van der Waals surface area (Å²) in [6, 6.07) is 3.62. The van der Waals surface area contributed by atoms with Crippen LogP contribution in [0.5, 0.6) is 0 Å². The van der Waals surface area contributed by atoms with E-state index < -0.39 is 5.72 Å². The highest BCUT2D eigenvalue weighted by Gasteiger charge is 2.28. The number of hydrogen-bond donors (Lipinski definition) is 3. The molecule has 136 valence electrons. The van der Waals surface area contributed by atoms with Gasteiger partial charge in [-0.3, -0.25) is 14.8 Å². The first-order valence-corrected chi connectivity index (χ1v) is 8.06. The van der Waals surface area contributed by atoms with Crippen molar-refractivity contribution in [3.05, 3.63) is 48.6 Å². The average molecular weight is 354 g/mol. The molecule has 0 spiro atoms. The number of pyridine rings is 1. The number of aromatic nitrogens is 3. The standard InChI is InChI=1S/C18H22N6O2/c1-12(6-3-4-8-15(19)25)24-18(2,26)16-17(20)22-11-14(23-16)13-7-5-9-21-10-13/h3,5-7,9-11,26H,4,8H2,1-2H3,(H2,19,25)(H2,20,22)/b6-3-,24-12?. The summed E-state index contributed by atoms with van der Waals surface area (Å²) < 4.78 is 0. The highest BCUT2D eigenvalue weighted by Crippen LogP contribution is 2.27. The molecular formula is C18H22N6O2. The zero-order chi connectivity index (χ0) is 19.2. The number of aliphatic hydroxyl groups is 1. The minimum atomic E-state index is -1.66. The number of nitrogens with zero attached hydrogens (tertiary/aromatic N) is 4. The van der Waals surface area contributed by atoms with Gasteiger partial charge in [-0.25, -0.2) is 9.97 Å². The van der Waals surface area contributed by atoms with Crippen LogP contribution in [0.25, 0.3) is 11.3 Å². The van der Waals surface area contributed by atoms with Crippen LogP contribution in [0.4, 0.5) is 5.82 Å². The van der Waals surface area contributed by atoms with Gasteiger partial charge in [0.15, 0.2) is 5.72 Å². The molecule has 0 fully saturated rings. The number of carbonyl (C=O) groups is 1. The Kier molecular flexibility index (Phi) is 6.13. The van der Waals surface area contributed by atoms with Crippen molar-refractivity contribution in [1.29, 1.82) is 0 Å². The van der Waals surface area contributed by atoms with Crippen LogP contribution >= 0.6 is 0 Å². The quantitative estimate of drug-likeness (QED) is 0.645. The lowest BCUT2D eigenvalue weighted by Gasteiger charge is -2.20. The van der Waals surface area contributed by atoms with E-state index in [0.29, 0.717) is 17.8 Å². The van der Waals surface area contributed by atoms with Gasteiger partial charge in [0.05, 0.1) is 11.9 Å². The maximum absolute atomic E-state index is 10.8. The first-order valence-electron chi connectivity index (χ1n) is 8.06. The molecule has 8 nitrogen and oxygen atoms in total. The van der Waals surface area contributed by atoms with Crippen molar-refractivity contribution in [2.24, 2.45) is 10.7 Å². The van der Waals surface area contributed by atoms with E-state index in [9.17, 15) is 9.90 Å². The fourth-order valence-corrected chi connectivity index (χ4v) is 2.31. The summed E-state index contributed by atoms with van der Waals surface area (Å²) in [5, 5.41) is 10.8. The highest BCUT2D eigenvalue weighted by molar-refractivity contribution is 5.93. The second-order valence-electron chi connectivity index (χ2n) is 5.91. The van der Waals surface area contributed by atoms with Gasteiger partial charge in [0.1, 0.15) is 11.5 Å². The second kappa shape index (κ2) is 8.30. The molecular weight excluding hydrogens is 332 g/mol. The lowest BCUT2D eigenvalue weighted by atomic mass is 10.1. The van der Waals surface area contributed by atoms with Crippen LogP contribution in [0.1, 0.15) is 32.4 Å². The summed E-state index contributed by atoms with van der Waals surface area (Å²) >= 11 is 0. The number of carbonyl (C=O) groups excluding carboxylic acids is 1. The van der Waals surface area contributed by atoms with Crippen molar-refractivity contribution in [2.45, 2.75) is 32.4 Å². The summed E-state index contributed by atoms with van der Waals surface area (Å²) in [7, 11) is 0. The van der Waals surface area contributed by atoms with Gasteiger partial charge in [-0.15, -0.1) is 0 Å². The van der Waals surface area contributed by atoms with Gasteiger partial charge >= 0.3 is 0 Å². The van der Waals surface area contributed by atoms with Gasteiger partial charge in [-0.1, -0.05) is 6.08 Å². The van der Waals surface area contributed by atoms with Crippen LogP contribution in [-0.4, -0.2) is 31.7 Å². The number of nitrogen functional groups attached to an aromatic ring is 1. The van der Waals surface area contributed by atoms with E-state index in [2.05, 4.69) is 19.9 Å². The molecule has 1 unspecified atom stereocenters. The second-order valence-corrected chi connectivity index (χ2v) is 5.91. The first-order chi connectivity index (χ1) is 12.3. The van der Waals surface area contributed by atoms with Gasteiger partial charge in [0, 0.05) is 30.1 Å². The molecule has 2 aromatic heterocycles. The first kappa shape index (κ1) is 19.2. The van der Waals surface area contributed by atoms with Gasteiger partial charge in [-0.2, -0.15) is 0 Å². The molecule has 0 aliphatic heterocycles. The maximum atomic E-state index is 10.8. The van der Waals surface area contributed by atoms with Crippen molar-refractivity contribution in [1.82, 2.24) is 15.0 Å². The summed E-state index contributed by atoms with van der Waals surface area (Å²) in [5.41, 5.74) is 11.3. The predicted octanol–water partition coefficient (Wildman–Crippen LogP) is 1.57. The number of nitrogens with two attached hydrogens (primary N) is 2. The Bertz CT molecular complexity index is 831. The maximum Gasteiger partial charge on any atom is 0.217 e. The molecule has 0 radical (unpaired) electrons. The van der Waals surface area contributed by atoms with Crippen LogP contribution in [0, 0.1) is 0 Å². The molecule has 0 aliphatic carbocycles. The number of allylic oxidation sites excluding steroid dienone is 2. The Labute approximate surface area is 151 Å². The fourth-order valence-electron chi connectivity index (χ4n) is 2.31. The van der Waals surface area contributed by atoms with Gasteiger partial charge in [0.25, 0.3) is 0 Å². The molecule has 2 aromatic rings. The SMILES string of the molecule is CC(/C=C\CCC(N)=O)=NC(C)(O)c1nc(-c2cccnc2)cnc1N. The minimum Gasteiger partial charge on any atom is -0.382 e. The molecule has 8 heteroatoms. The van der Waals surface area contributed by atoms with Crippen molar-refractivity contribution >= 4 is 17.4 Å². The molecule has 2 rings (SSSR count). The Balaban J connectivity index is 2.27. The smallest absolute Gasteiger partial charge is 0.217 e. The highest BCUT2D eigenvalue weighted by atomic mass is 16.3. The Morgan fingerprint density at radius 1 is 1.42 bits per heavy atom. The third-order valence-corrected chi connectivity index (χ3v) is 3.52. The molecule has 1 amide bonds. The number of anilines is 1. The van der Waals surface area contributed by atoms with Crippen molar-refractivity contribution < 1.29 is 9.90 Å². The molecule has 0 aliphatic rings. The number of aliphatic imine (C=N–C) groups is 1. The van der Waals surface area contributed by atoms with Crippen LogP contribution in [0.2, 0.25) is 0 Å². The Morgan fingerprint density at radius 3 is 2.85 bits per heavy atom. The van der Waals surface area contributed by atoms with E-state index in [1.807, 2.05) is 6.07 Å². The van der Waals surface area contributed by atoms with E-state index in [-0.39, 0.29) is 23.8 Å². The van der Waals surface area contributed by atoms with E-state index in [4.69, 9.17) is 11.5 Å². The summed E-state index contributed by atoms with van der Waals surface area (Å²) in [4.78, 5) is 27.6. The average Bonchev–Trinajstić information content (AvgIpc) is 2.59. The molecule has 0 bridgehead atoms. The van der Waals surface area contributed by atoms with E-state index in [1.165, 1.54) is 13.1 Å². The van der Waals surface area contributed by atoms with Gasteiger partial charge in [0.2, 0.25) is 5.91 Å². The molecule has 0 saturated carbocycles. The third kappa shape index (κ3) is 5.18. The van der Waals surface area contributed by atoms with Crippen LogP contribution in [0.3, 0.4) is 0 Å². The van der Waals surface area contributed by atoms with Crippen LogP contribution < -0.4 is 11.5 Å². The van der Waals surface area contributed by atoms with Crippen molar-refractivity contribution in [2.75, 3.05) is 5.73 Å². The molecule has 0 saturated heterocycles. The zero-order valence-electron chi connectivity index (χ0n) is 14.8. The zero-order valence-corrected chi connectivity index (χ0v) is 14.8. The van der Waals surface area contributed by atoms with Crippen LogP contribution in [-0.2, 0) is 10.5 Å². The number of amides is 1. The van der Waals surface area contributed by atoms with Gasteiger partial charge in [-0.05, 0) is 38.5 Å². The predicted molar refractivity (Wildman–Crippen MR) is 99.9 cm³/mol. The lowest BCUT2D eigenvalue weighted by molar-refractivity contribution is -0.117. The Morgan fingerprint density at radius 2 is 2.19 bits per heavy atom. The lowest BCUT2D eigenvalue weighted by Crippen LogP contribution is -2.24. The fraction of sp³-hybridized carbons (Fsp3) is 0.278. The van der Waals surface area contributed by atoms with Gasteiger partial charge < -0.3 is 16.6 Å². The number of rotatable bonds is 7. The van der Waals surface area contributed by atoms with Crippen molar-refractivity contribution in [3.8, 4) is 11.3 Å². The molecule has 1 atom stereocenters. The molecule has 2 heterocycles. The normalized spacial score (nSPS) is 14.3. The molecule has 26 heavy (non-hydrogen) atoms. The largest absolute Gasteiger partial charge is 0.382 e. The van der Waals surface area contributed by atoms with E-state index in [0.717, 1.165) is 5.56 Å². The minimum absolute atomic E-state index is 0.0944. The Hall–Kier alpha value is -3.13. The topological polar surface area (TPSA) is 140 Å². The summed E-state index contributed by atoms with van der Waals surface area (Å²) in [6.45, 7) is 3.21. The molecule has 5 N–H and O–H groups in total.